The van der Waals surface area contributed by atoms with Gasteiger partial charge < -0.3 is 15.1 Å². The molecule has 8 nitrogen and oxygen atoms in total. The lowest BCUT2D eigenvalue weighted by atomic mass is 9.97. The largest absolute Gasteiger partial charge is 0.481 e. The lowest BCUT2D eigenvalue weighted by molar-refractivity contribution is -0.384. The Morgan fingerprint density at radius 2 is 2.05 bits per heavy atom. The summed E-state index contributed by atoms with van der Waals surface area (Å²) >= 11 is 0. The maximum absolute atomic E-state index is 11.3. The Bertz CT molecular complexity index is 600. The maximum Gasteiger partial charge on any atom is 0.338 e. The van der Waals surface area contributed by atoms with Crippen molar-refractivity contribution in [2.45, 2.75) is 12.8 Å². The monoisotopic (exact) mass is 294 g/mol. The average molecular weight is 294 g/mol. The van der Waals surface area contributed by atoms with Crippen LogP contribution in [0.5, 0.6) is 0 Å². The number of hydrogen-bond donors (Lipinski definition) is 2. The number of anilines is 1. The number of carbonyl (C=O) groups is 2. The molecule has 0 unspecified atom stereocenters. The van der Waals surface area contributed by atoms with E-state index in [4.69, 9.17) is 5.11 Å². The van der Waals surface area contributed by atoms with Gasteiger partial charge in [-0.3, -0.25) is 14.9 Å². The SMILES string of the molecule is O=C(O)c1cc([N+](=O)[O-])ccc1N1CCC[C@@H](C(=O)O)C1. The minimum absolute atomic E-state index is 0.185. The second kappa shape index (κ2) is 5.78. The first-order chi connectivity index (χ1) is 9.90. The van der Waals surface area contributed by atoms with Crippen molar-refractivity contribution in [3.63, 3.8) is 0 Å². The van der Waals surface area contributed by atoms with Crippen LogP contribution in [0.3, 0.4) is 0 Å². The van der Waals surface area contributed by atoms with Gasteiger partial charge in [-0.05, 0) is 18.9 Å². The normalized spacial score (nSPS) is 18.3. The number of carboxylic acids is 2. The summed E-state index contributed by atoms with van der Waals surface area (Å²) in [5, 5.41) is 29.0. The van der Waals surface area contributed by atoms with E-state index >= 15 is 0 Å². The number of hydrogen-bond acceptors (Lipinski definition) is 5. The van der Waals surface area contributed by atoms with Crippen LogP contribution < -0.4 is 4.90 Å². The Morgan fingerprint density at radius 3 is 2.62 bits per heavy atom. The maximum atomic E-state index is 11.3. The van der Waals surface area contributed by atoms with Crippen molar-refractivity contribution in [3.8, 4) is 0 Å². The molecule has 2 rings (SSSR count). The topological polar surface area (TPSA) is 121 Å². The summed E-state index contributed by atoms with van der Waals surface area (Å²) in [7, 11) is 0. The van der Waals surface area contributed by atoms with Gasteiger partial charge in [-0.1, -0.05) is 0 Å². The standard InChI is InChI=1S/C13H14N2O6/c16-12(17)8-2-1-5-14(7-8)11-4-3-9(15(20)21)6-10(11)13(18)19/h3-4,6,8H,1-2,5,7H2,(H,16,17)(H,18,19)/t8-/m1/s1. The average Bonchev–Trinajstić information content (AvgIpc) is 2.46. The molecule has 1 atom stereocenters. The number of aromatic carboxylic acids is 1. The van der Waals surface area contributed by atoms with Gasteiger partial charge in [0.15, 0.2) is 0 Å². The molecule has 0 aliphatic carbocycles. The zero-order chi connectivity index (χ0) is 15.6. The summed E-state index contributed by atoms with van der Waals surface area (Å²) in [6.45, 7) is 0.731. The van der Waals surface area contributed by atoms with E-state index in [0.29, 0.717) is 25.1 Å². The van der Waals surface area contributed by atoms with Gasteiger partial charge in [0.1, 0.15) is 0 Å². The third kappa shape index (κ3) is 3.10. The van der Waals surface area contributed by atoms with Gasteiger partial charge in [0.2, 0.25) is 0 Å². The van der Waals surface area contributed by atoms with Gasteiger partial charge in [-0.15, -0.1) is 0 Å². The van der Waals surface area contributed by atoms with Crippen molar-refractivity contribution in [1.82, 2.24) is 0 Å². The molecule has 1 fully saturated rings. The van der Waals surface area contributed by atoms with Gasteiger partial charge in [0.05, 0.1) is 22.1 Å². The van der Waals surface area contributed by atoms with Gasteiger partial charge in [0.25, 0.3) is 5.69 Å². The molecule has 1 aromatic rings. The van der Waals surface area contributed by atoms with Crippen LogP contribution in [0.15, 0.2) is 18.2 Å². The number of rotatable bonds is 4. The highest BCUT2D eigenvalue weighted by molar-refractivity contribution is 5.95. The predicted octanol–water partition coefficient (Wildman–Crippen LogP) is 1.59. The molecule has 0 spiro atoms. The van der Waals surface area contributed by atoms with Crippen LogP contribution in [0.1, 0.15) is 23.2 Å². The van der Waals surface area contributed by atoms with Crippen molar-refractivity contribution in [1.29, 1.82) is 0 Å². The highest BCUT2D eigenvalue weighted by Crippen LogP contribution is 2.29. The molecular formula is C13H14N2O6. The van der Waals surface area contributed by atoms with Gasteiger partial charge in [-0.2, -0.15) is 0 Å². The van der Waals surface area contributed by atoms with Crippen LogP contribution in [0.2, 0.25) is 0 Å². The van der Waals surface area contributed by atoms with Crippen molar-refractivity contribution in [2.24, 2.45) is 5.92 Å². The van der Waals surface area contributed by atoms with Crippen LogP contribution in [0.4, 0.5) is 11.4 Å². The first kappa shape index (κ1) is 14.8. The molecule has 0 saturated carbocycles. The van der Waals surface area contributed by atoms with Crippen molar-refractivity contribution in [3.05, 3.63) is 33.9 Å². The summed E-state index contributed by atoms with van der Waals surface area (Å²) < 4.78 is 0. The quantitative estimate of drug-likeness (QED) is 0.638. The molecule has 8 heteroatoms. The Morgan fingerprint density at radius 1 is 1.33 bits per heavy atom. The summed E-state index contributed by atoms with van der Waals surface area (Å²) in [5.41, 5.74) is -0.169. The van der Waals surface area contributed by atoms with E-state index in [-0.39, 0.29) is 17.8 Å². The predicted molar refractivity (Wildman–Crippen MR) is 72.6 cm³/mol. The minimum Gasteiger partial charge on any atom is -0.481 e. The van der Waals surface area contributed by atoms with E-state index in [9.17, 15) is 24.8 Å². The summed E-state index contributed by atoms with van der Waals surface area (Å²) in [5.74, 6) is -2.75. The van der Waals surface area contributed by atoms with Crippen LogP contribution >= 0.6 is 0 Å². The highest BCUT2D eigenvalue weighted by atomic mass is 16.6. The third-order valence-electron chi connectivity index (χ3n) is 3.53. The molecule has 0 amide bonds. The number of nitrogens with zero attached hydrogens (tertiary/aromatic N) is 2. The first-order valence-corrected chi connectivity index (χ1v) is 6.39. The van der Waals surface area contributed by atoms with Crippen molar-refractivity contribution in [2.75, 3.05) is 18.0 Å². The molecule has 0 bridgehead atoms. The molecule has 2 N–H and O–H groups in total. The van der Waals surface area contributed by atoms with Gasteiger partial charge in [0, 0.05) is 25.2 Å². The smallest absolute Gasteiger partial charge is 0.338 e. The van der Waals surface area contributed by atoms with E-state index in [1.54, 1.807) is 4.90 Å². The molecule has 1 aliphatic rings. The molecule has 1 saturated heterocycles. The number of piperidine rings is 1. The molecule has 112 valence electrons. The Labute approximate surface area is 119 Å². The van der Waals surface area contributed by atoms with E-state index in [2.05, 4.69) is 0 Å². The zero-order valence-corrected chi connectivity index (χ0v) is 11.1. The first-order valence-electron chi connectivity index (χ1n) is 6.39. The molecule has 1 heterocycles. The molecule has 0 radical (unpaired) electrons. The van der Waals surface area contributed by atoms with E-state index in [1.165, 1.54) is 12.1 Å². The summed E-state index contributed by atoms with van der Waals surface area (Å²) in [6, 6.07) is 3.60. The third-order valence-corrected chi connectivity index (χ3v) is 3.53. The second-order valence-electron chi connectivity index (χ2n) is 4.89. The molecular weight excluding hydrogens is 280 g/mol. The summed E-state index contributed by atoms with van der Waals surface area (Å²) in [4.78, 5) is 34.1. The fraction of sp³-hybridized carbons (Fsp3) is 0.385. The van der Waals surface area contributed by atoms with Crippen molar-refractivity contribution >= 4 is 23.3 Å². The molecule has 1 aromatic carbocycles. The Kier molecular flexibility index (Phi) is 4.06. The lowest BCUT2D eigenvalue weighted by Crippen LogP contribution is -2.39. The molecule has 0 aromatic heterocycles. The van der Waals surface area contributed by atoms with Gasteiger partial charge in [-0.25, -0.2) is 4.79 Å². The fourth-order valence-corrected chi connectivity index (χ4v) is 2.48. The number of carboxylic acid groups (broad SMARTS) is 2. The zero-order valence-electron chi connectivity index (χ0n) is 11.1. The van der Waals surface area contributed by atoms with E-state index < -0.39 is 22.8 Å². The Hall–Kier alpha value is -2.64. The number of benzene rings is 1. The number of nitro groups is 1. The minimum atomic E-state index is -1.27. The van der Waals surface area contributed by atoms with Crippen LogP contribution in [0.25, 0.3) is 0 Å². The number of aliphatic carboxylic acids is 1. The lowest BCUT2D eigenvalue weighted by Gasteiger charge is -2.33. The molecule has 21 heavy (non-hydrogen) atoms. The van der Waals surface area contributed by atoms with Crippen LogP contribution in [0, 0.1) is 16.0 Å². The van der Waals surface area contributed by atoms with Crippen LogP contribution in [-0.4, -0.2) is 40.2 Å². The number of nitro benzene ring substituents is 1. The fourth-order valence-electron chi connectivity index (χ4n) is 2.48. The summed E-state index contributed by atoms with van der Waals surface area (Å²) in [6.07, 6.45) is 1.17. The number of non-ortho nitro benzene ring substituents is 1. The van der Waals surface area contributed by atoms with E-state index in [0.717, 1.165) is 6.07 Å². The second-order valence-corrected chi connectivity index (χ2v) is 4.89. The van der Waals surface area contributed by atoms with Gasteiger partial charge >= 0.3 is 11.9 Å². The molecule has 1 aliphatic heterocycles. The van der Waals surface area contributed by atoms with Crippen LogP contribution in [-0.2, 0) is 4.79 Å². The Balaban J connectivity index is 2.36. The highest BCUT2D eigenvalue weighted by Gasteiger charge is 2.28. The van der Waals surface area contributed by atoms with Crippen molar-refractivity contribution < 1.29 is 24.7 Å². The van der Waals surface area contributed by atoms with E-state index in [1.807, 2.05) is 0 Å².